The predicted molar refractivity (Wildman–Crippen MR) is 90.6 cm³/mol. The molecule has 2 heterocycles. The summed E-state index contributed by atoms with van der Waals surface area (Å²) in [7, 11) is 0. The quantitative estimate of drug-likeness (QED) is 0.887. The molecule has 1 saturated carbocycles. The van der Waals surface area contributed by atoms with Gasteiger partial charge in [0.2, 0.25) is 0 Å². The van der Waals surface area contributed by atoms with Crippen molar-refractivity contribution in [3.05, 3.63) is 21.9 Å². The molecule has 2 aliphatic rings. The Bertz CT molecular complexity index is 550. The van der Waals surface area contributed by atoms with Crippen molar-refractivity contribution in [2.24, 2.45) is 5.41 Å². The SMILES string of the molecule is CCOC1CC(O)C12CCN(C(=O)NCc1ccc(C)s1)CC2. The molecule has 6 heteroatoms. The number of hydrogen-bond acceptors (Lipinski definition) is 4. The number of aryl methyl sites for hydroxylation is 1. The number of ether oxygens (including phenoxy) is 1. The van der Waals surface area contributed by atoms with Gasteiger partial charge in [-0.05, 0) is 38.8 Å². The van der Waals surface area contributed by atoms with Crippen LogP contribution < -0.4 is 5.32 Å². The van der Waals surface area contributed by atoms with Crippen molar-refractivity contribution < 1.29 is 14.6 Å². The maximum atomic E-state index is 12.3. The largest absolute Gasteiger partial charge is 0.392 e. The van der Waals surface area contributed by atoms with Gasteiger partial charge >= 0.3 is 6.03 Å². The first-order valence-corrected chi connectivity index (χ1v) is 9.24. The minimum absolute atomic E-state index is 0.00678. The first-order valence-electron chi connectivity index (χ1n) is 8.43. The van der Waals surface area contributed by atoms with Gasteiger partial charge in [-0.2, -0.15) is 0 Å². The second-order valence-corrected chi connectivity index (χ2v) is 7.96. The van der Waals surface area contributed by atoms with Gasteiger partial charge in [0, 0.05) is 41.3 Å². The maximum Gasteiger partial charge on any atom is 0.317 e. The molecule has 3 rings (SSSR count). The zero-order valence-corrected chi connectivity index (χ0v) is 14.7. The lowest BCUT2D eigenvalue weighted by Gasteiger charge is -2.56. The van der Waals surface area contributed by atoms with E-state index in [1.165, 1.54) is 9.75 Å². The number of rotatable bonds is 4. The van der Waals surface area contributed by atoms with Gasteiger partial charge in [0.05, 0.1) is 18.8 Å². The summed E-state index contributed by atoms with van der Waals surface area (Å²) in [4.78, 5) is 16.6. The topological polar surface area (TPSA) is 61.8 Å². The normalized spacial score (nSPS) is 26.1. The summed E-state index contributed by atoms with van der Waals surface area (Å²) in [6.07, 6.45) is 2.26. The molecule has 2 N–H and O–H groups in total. The molecule has 0 aromatic carbocycles. The Kier molecular flexibility index (Phi) is 4.94. The van der Waals surface area contributed by atoms with Crippen LogP contribution in [0.3, 0.4) is 0 Å². The lowest BCUT2D eigenvalue weighted by molar-refractivity contribution is -0.207. The molecular weight excluding hydrogens is 312 g/mol. The van der Waals surface area contributed by atoms with E-state index < -0.39 is 0 Å². The number of likely N-dealkylation sites (tertiary alicyclic amines) is 1. The Morgan fingerprint density at radius 2 is 2.22 bits per heavy atom. The summed E-state index contributed by atoms with van der Waals surface area (Å²) in [6.45, 7) is 6.71. The zero-order chi connectivity index (χ0) is 16.4. The van der Waals surface area contributed by atoms with Crippen molar-refractivity contribution in [1.29, 1.82) is 0 Å². The number of amides is 2. The molecule has 1 aliphatic heterocycles. The second-order valence-electron chi connectivity index (χ2n) is 6.59. The molecule has 1 aromatic rings. The highest BCUT2D eigenvalue weighted by Gasteiger charge is 2.56. The molecule has 1 aliphatic carbocycles. The highest BCUT2D eigenvalue weighted by atomic mass is 32.1. The number of piperidine rings is 1. The van der Waals surface area contributed by atoms with Crippen molar-refractivity contribution in [2.45, 2.75) is 51.9 Å². The fourth-order valence-corrected chi connectivity index (χ4v) is 4.63. The average molecular weight is 338 g/mol. The molecule has 0 radical (unpaired) electrons. The molecule has 5 nitrogen and oxygen atoms in total. The molecule has 2 amide bonds. The Morgan fingerprint density at radius 1 is 1.48 bits per heavy atom. The Labute approximate surface area is 141 Å². The Hall–Kier alpha value is -1.11. The van der Waals surface area contributed by atoms with Crippen LogP contribution in [0.5, 0.6) is 0 Å². The number of aliphatic hydroxyl groups excluding tert-OH is 1. The zero-order valence-electron chi connectivity index (χ0n) is 13.9. The molecule has 1 spiro atoms. The lowest BCUT2D eigenvalue weighted by atomic mass is 9.58. The van der Waals surface area contributed by atoms with Crippen LogP contribution in [-0.4, -0.2) is 47.9 Å². The van der Waals surface area contributed by atoms with Crippen LogP contribution in [0.15, 0.2) is 12.1 Å². The van der Waals surface area contributed by atoms with E-state index in [4.69, 9.17) is 4.74 Å². The van der Waals surface area contributed by atoms with Crippen molar-refractivity contribution >= 4 is 17.4 Å². The summed E-state index contributed by atoms with van der Waals surface area (Å²) in [6, 6.07) is 4.12. The lowest BCUT2D eigenvalue weighted by Crippen LogP contribution is -2.63. The molecule has 2 fully saturated rings. The summed E-state index contributed by atoms with van der Waals surface area (Å²) in [5.41, 5.74) is -0.127. The summed E-state index contributed by atoms with van der Waals surface area (Å²) in [5.74, 6) is 0. The number of urea groups is 1. The summed E-state index contributed by atoms with van der Waals surface area (Å²) < 4.78 is 5.77. The van der Waals surface area contributed by atoms with Crippen molar-refractivity contribution in [2.75, 3.05) is 19.7 Å². The molecule has 1 aromatic heterocycles. The van der Waals surface area contributed by atoms with Gasteiger partial charge in [0.1, 0.15) is 0 Å². The molecule has 2 atom stereocenters. The van der Waals surface area contributed by atoms with Crippen LogP contribution in [-0.2, 0) is 11.3 Å². The van der Waals surface area contributed by atoms with E-state index in [1.54, 1.807) is 11.3 Å². The average Bonchev–Trinajstić information content (AvgIpc) is 2.98. The van der Waals surface area contributed by atoms with Gasteiger partial charge in [-0.25, -0.2) is 4.79 Å². The number of aliphatic hydroxyl groups is 1. The van der Waals surface area contributed by atoms with E-state index >= 15 is 0 Å². The minimum Gasteiger partial charge on any atom is -0.392 e. The van der Waals surface area contributed by atoms with E-state index in [9.17, 15) is 9.90 Å². The minimum atomic E-state index is -0.279. The first kappa shape index (κ1) is 16.7. The molecule has 128 valence electrons. The van der Waals surface area contributed by atoms with E-state index in [2.05, 4.69) is 24.4 Å². The van der Waals surface area contributed by atoms with E-state index in [0.717, 1.165) is 19.3 Å². The highest BCUT2D eigenvalue weighted by molar-refractivity contribution is 7.11. The molecular formula is C17H26N2O3S. The monoisotopic (exact) mass is 338 g/mol. The number of carbonyl (C=O) groups is 1. The van der Waals surface area contributed by atoms with Crippen molar-refractivity contribution in [3.63, 3.8) is 0 Å². The number of nitrogens with one attached hydrogen (secondary N) is 1. The molecule has 23 heavy (non-hydrogen) atoms. The van der Waals surface area contributed by atoms with Gasteiger partial charge in [-0.15, -0.1) is 11.3 Å². The third-order valence-electron chi connectivity index (χ3n) is 5.30. The van der Waals surface area contributed by atoms with Crippen molar-refractivity contribution in [1.82, 2.24) is 10.2 Å². The fourth-order valence-electron chi connectivity index (χ4n) is 3.80. The molecule has 1 saturated heterocycles. The van der Waals surface area contributed by atoms with Crippen molar-refractivity contribution in [3.8, 4) is 0 Å². The van der Waals surface area contributed by atoms with Crippen LogP contribution in [0.25, 0.3) is 0 Å². The van der Waals surface area contributed by atoms with Crippen LogP contribution in [0.2, 0.25) is 0 Å². The maximum absolute atomic E-state index is 12.3. The summed E-state index contributed by atoms with van der Waals surface area (Å²) in [5, 5.41) is 13.2. The van der Waals surface area contributed by atoms with Gasteiger partial charge in [0.25, 0.3) is 0 Å². The predicted octanol–water partition coefficient (Wildman–Crippen LogP) is 2.52. The fraction of sp³-hybridized carbons (Fsp3) is 0.706. The number of carbonyl (C=O) groups excluding carboxylic acids is 1. The highest BCUT2D eigenvalue weighted by Crippen LogP contribution is 2.50. The Balaban J connectivity index is 1.49. The van der Waals surface area contributed by atoms with Gasteiger partial charge in [-0.1, -0.05) is 0 Å². The smallest absolute Gasteiger partial charge is 0.317 e. The van der Waals surface area contributed by atoms with Gasteiger partial charge in [-0.3, -0.25) is 0 Å². The van der Waals surface area contributed by atoms with Gasteiger partial charge in [0.15, 0.2) is 0 Å². The second kappa shape index (κ2) is 6.79. The van der Waals surface area contributed by atoms with E-state index in [0.29, 0.717) is 26.2 Å². The number of nitrogens with zero attached hydrogens (tertiary/aromatic N) is 1. The van der Waals surface area contributed by atoms with Crippen LogP contribution in [0, 0.1) is 12.3 Å². The van der Waals surface area contributed by atoms with Crippen LogP contribution >= 0.6 is 11.3 Å². The third kappa shape index (κ3) is 3.25. The first-order chi connectivity index (χ1) is 11.0. The van der Waals surface area contributed by atoms with Crippen LogP contribution in [0.4, 0.5) is 4.79 Å². The summed E-state index contributed by atoms with van der Waals surface area (Å²) >= 11 is 1.71. The standard InChI is InChI=1S/C17H26N2O3S/c1-3-22-15-10-14(20)17(15)6-8-19(9-7-17)16(21)18-11-13-5-4-12(2)23-13/h4-5,14-15,20H,3,6-11H2,1-2H3,(H,18,21). The number of thiophene rings is 1. The van der Waals surface area contributed by atoms with E-state index in [1.807, 2.05) is 11.8 Å². The third-order valence-corrected chi connectivity index (χ3v) is 6.30. The Morgan fingerprint density at radius 3 is 2.78 bits per heavy atom. The van der Waals surface area contributed by atoms with E-state index in [-0.39, 0.29) is 23.7 Å². The van der Waals surface area contributed by atoms with Gasteiger partial charge < -0.3 is 20.1 Å². The molecule has 0 bridgehead atoms. The molecule has 2 unspecified atom stereocenters. The van der Waals surface area contributed by atoms with Crippen LogP contribution in [0.1, 0.15) is 35.9 Å². The number of hydrogen-bond donors (Lipinski definition) is 2.